The molecule has 1 aromatic rings. The van der Waals surface area contributed by atoms with E-state index in [0.29, 0.717) is 23.5 Å². The molecule has 0 spiro atoms. The van der Waals surface area contributed by atoms with E-state index in [-0.39, 0.29) is 22.5 Å². The van der Waals surface area contributed by atoms with Crippen molar-refractivity contribution < 1.29 is 27.3 Å². The zero-order valence-corrected chi connectivity index (χ0v) is 20.3. The predicted molar refractivity (Wildman–Crippen MR) is 127 cm³/mol. The van der Waals surface area contributed by atoms with Crippen molar-refractivity contribution in [2.75, 3.05) is 0 Å². The fourth-order valence-electron chi connectivity index (χ4n) is 6.74. The summed E-state index contributed by atoms with van der Waals surface area (Å²) in [5, 5.41) is 21.4. The molecule has 3 heteroatoms. The Kier molecular flexibility index (Phi) is 7.90. The van der Waals surface area contributed by atoms with Crippen LogP contribution in [0.5, 0.6) is 5.75 Å². The SMILES string of the molecule is C[C@]12CC[C@@H]3c4ccc(O)cc4CC[C@H]3[C@@H]1CC[C@@]2(O)C#C[C]1[CH][CH][CH][CH]1.[CH]1[CH][CH][CH][CH]1.[Fe+2]. The Morgan fingerprint density at radius 2 is 1.61 bits per heavy atom. The maximum Gasteiger partial charge on any atom is 2.00 e. The van der Waals surface area contributed by atoms with Crippen molar-refractivity contribution in [2.45, 2.75) is 57.0 Å². The molecule has 0 amide bonds. The van der Waals surface area contributed by atoms with Gasteiger partial charge in [-0.2, -0.15) is 0 Å². The summed E-state index contributed by atoms with van der Waals surface area (Å²) in [6, 6.07) is 5.93. The summed E-state index contributed by atoms with van der Waals surface area (Å²) in [5.41, 5.74) is 1.76. The number of benzene rings is 1. The van der Waals surface area contributed by atoms with Crippen molar-refractivity contribution in [1.82, 2.24) is 0 Å². The Bertz CT molecular complexity index is 867. The summed E-state index contributed by atoms with van der Waals surface area (Å²) in [4.78, 5) is 0. The van der Waals surface area contributed by atoms with Crippen LogP contribution in [0.1, 0.15) is 56.1 Å². The van der Waals surface area contributed by atoms with Crippen LogP contribution in [-0.4, -0.2) is 15.8 Å². The van der Waals surface area contributed by atoms with E-state index in [1.54, 1.807) is 0 Å². The molecule has 6 rings (SSSR count). The average Bonchev–Trinajstić information content (AvgIpc) is 3.56. The van der Waals surface area contributed by atoms with Gasteiger partial charge in [-0.25, -0.2) is 0 Å². The quantitative estimate of drug-likeness (QED) is 0.385. The maximum atomic E-state index is 11.6. The van der Waals surface area contributed by atoms with E-state index in [4.69, 9.17) is 0 Å². The summed E-state index contributed by atoms with van der Waals surface area (Å²) >= 11 is 0. The van der Waals surface area contributed by atoms with Crippen molar-refractivity contribution in [3.8, 4) is 17.6 Å². The smallest absolute Gasteiger partial charge is 0.508 e. The first-order valence-corrected chi connectivity index (χ1v) is 12.0. The van der Waals surface area contributed by atoms with Crippen molar-refractivity contribution in [3.05, 3.63) is 93.0 Å². The zero-order valence-electron chi connectivity index (χ0n) is 19.2. The number of phenols is 1. The molecular formula is C30H32FeO2+2. The molecule has 5 atom stereocenters. The third kappa shape index (κ3) is 4.78. The summed E-state index contributed by atoms with van der Waals surface area (Å²) in [5.74, 6) is 9.62. The Morgan fingerprint density at radius 1 is 0.909 bits per heavy atom. The standard InChI is InChI=1S/C25H27O2.C5H5.Fe/c1-24-13-11-21-20-9-7-19(26)16-18(20)6-8-22(21)23(24)12-15-25(24,27)14-10-17-4-2-3-5-17;1-2-4-5-3-1;/h2-5,7,9,16,21-23,26-27H,6,8,11-13,15H2,1H3;1-5H;/q;;+2/t21-,22-,23+,24+,25+;;/m1../s1. The molecule has 170 valence electrons. The van der Waals surface area contributed by atoms with Crippen molar-refractivity contribution in [3.63, 3.8) is 0 Å². The monoisotopic (exact) mass is 480 g/mol. The van der Waals surface area contributed by atoms with Gasteiger partial charge in [0, 0.05) is 5.41 Å². The number of rotatable bonds is 0. The second-order valence-electron chi connectivity index (χ2n) is 10.0. The number of aliphatic hydroxyl groups is 1. The second kappa shape index (κ2) is 10.4. The summed E-state index contributed by atoms with van der Waals surface area (Å²) < 4.78 is 0. The predicted octanol–water partition coefficient (Wildman–Crippen LogP) is 5.41. The van der Waals surface area contributed by atoms with Gasteiger partial charge in [-0.3, -0.25) is 0 Å². The van der Waals surface area contributed by atoms with Gasteiger partial charge in [-0.15, -0.1) is 0 Å². The van der Waals surface area contributed by atoms with Gasteiger partial charge < -0.3 is 10.2 Å². The van der Waals surface area contributed by atoms with Gasteiger partial charge in [0.05, 0.1) is 5.92 Å². The van der Waals surface area contributed by atoms with E-state index >= 15 is 0 Å². The molecule has 0 saturated heterocycles. The molecule has 0 unspecified atom stereocenters. The Hall–Kier alpha value is -0.941. The molecule has 2 nitrogen and oxygen atoms in total. The Morgan fingerprint density at radius 3 is 2.30 bits per heavy atom. The van der Waals surface area contributed by atoms with E-state index in [9.17, 15) is 10.2 Å². The van der Waals surface area contributed by atoms with E-state index in [1.807, 2.05) is 69.9 Å². The van der Waals surface area contributed by atoms with Gasteiger partial charge >= 0.3 is 17.1 Å². The minimum atomic E-state index is -0.880. The molecule has 1 aromatic carbocycles. The number of hydrogen-bond acceptors (Lipinski definition) is 2. The molecule has 33 heavy (non-hydrogen) atoms. The van der Waals surface area contributed by atoms with Gasteiger partial charge in [0.1, 0.15) is 11.4 Å². The van der Waals surface area contributed by atoms with Gasteiger partial charge in [0.2, 0.25) is 0 Å². The van der Waals surface area contributed by atoms with E-state index < -0.39 is 5.60 Å². The normalized spacial score (nSPS) is 36.8. The van der Waals surface area contributed by atoms with Crippen LogP contribution in [0, 0.1) is 92.8 Å². The van der Waals surface area contributed by atoms with E-state index in [1.165, 1.54) is 11.1 Å². The summed E-state index contributed by atoms with van der Waals surface area (Å²) in [7, 11) is 0. The molecule has 2 N–H and O–H groups in total. The summed E-state index contributed by atoms with van der Waals surface area (Å²) in [6.45, 7) is 2.28. The number of hydrogen-bond donors (Lipinski definition) is 2. The van der Waals surface area contributed by atoms with Crippen LogP contribution in [-0.2, 0) is 23.5 Å². The van der Waals surface area contributed by atoms with Crippen LogP contribution in [0.2, 0.25) is 0 Å². The molecule has 0 aromatic heterocycles. The third-order valence-corrected chi connectivity index (χ3v) is 8.49. The maximum absolute atomic E-state index is 11.6. The fraction of sp³-hybridized carbons (Fsp3) is 0.400. The number of aromatic hydroxyl groups is 1. The van der Waals surface area contributed by atoms with Crippen LogP contribution in [0.25, 0.3) is 0 Å². The van der Waals surface area contributed by atoms with Crippen molar-refractivity contribution in [2.24, 2.45) is 17.3 Å². The Labute approximate surface area is 211 Å². The van der Waals surface area contributed by atoms with Crippen LogP contribution in [0.15, 0.2) is 18.2 Å². The topological polar surface area (TPSA) is 40.5 Å². The summed E-state index contributed by atoms with van der Waals surface area (Å²) in [6.07, 6.45) is 24.2. The fourth-order valence-corrected chi connectivity index (χ4v) is 6.74. The number of fused-ring (bicyclic) bond motifs is 5. The van der Waals surface area contributed by atoms with Gasteiger partial charge in [-0.1, -0.05) is 24.8 Å². The number of aryl methyl sites for hydroxylation is 1. The van der Waals surface area contributed by atoms with Crippen LogP contribution < -0.4 is 0 Å². The molecule has 4 saturated carbocycles. The largest absolute Gasteiger partial charge is 2.00 e. The second-order valence-corrected chi connectivity index (χ2v) is 10.0. The molecular weight excluding hydrogens is 448 g/mol. The molecule has 0 heterocycles. The molecule has 5 aliphatic rings. The van der Waals surface area contributed by atoms with Gasteiger partial charge in [0.25, 0.3) is 0 Å². The van der Waals surface area contributed by atoms with Crippen LogP contribution in [0.4, 0.5) is 0 Å². The zero-order chi connectivity index (χ0) is 22.2. The van der Waals surface area contributed by atoms with Crippen molar-refractivity contribution >= 4 is 0 Å². The van der Waals surface area contributed by atoms with Crippen LogP contribution >= 0.6 is 0 Å². The van der Waals surface area contributed by atoms with E-state index in [0.717, 1.165) is 44.4 Å². The molecule has 0 aliphatic heterocycles. The molecule has 0 bridgehead atoms. The van der Waals surface area contributed by atoms with Gasteiger partial charge in [0.15, 0.2) is 0 Å². The molecule has 10 radical (unpaired) electrons. The third-order valence-electron chi connectivity index (χ3n) is 8.49. The van der Waals surface area contributed by atoms with Crippen LogP contribution in [0.3, 0.4) is 0 Å². The average molecular weight is 480 g/mol. The first-order valence-electron chi connectivity index (χ1n) is 12.0. The molecule has 4 fully saturated rings. The minimum absolute atomic E-state index is 0. The van der Waals surface area contributed by atoms with Gasteiger partial charge in [-0.05, 0) is 137 Å². The number of phenolic OH excluding ortho intramolecular Hbond substituents is 1. The Balaban J connectivity index is 0.000000385. The minimum Gasteiger partial charge on any atom is -0.508 e. The first kappa shape index (κ1) is 25.2. The molecule has 5 aliphatic carbocycles. The first-order chi connectivity index (χ1) is 15.5. The van der Waals surface area contributed by atoms with Crippen molar-refractivity contribution in [1.29, 1.82) is 0 Å². The van der Waals surface area contributed by atoms with E-state index in [2.05, 4.69) is 24.8 Å².